The van der Waals surface area contributed by atoms with Crippen molar-refractivity contribution in [2.24, 2.45) is 17.3 Å². The summed E-state index contributed by atoms with van der Waals surface area (Å²) in [6.45, 7) is 8.10. The number of morpholine rings is 1. The fourth-order valence-electron chi connectivity index (χ4n) is 6.74. The Kier molecular flexibility index (Phi) is 7.96. The second-order valence-electron chi connectivity index (χ2n) is 11.8. The summed E-state index contributed by atoms with van der Waals surface area (Å²) in [5, 5.41) is 15.4. The van der Waals surface area contributed by atoms with Crippen LogP contribution >= 0.6 is 0 Å². The molecule has 6 atom stereocenters. The Labute approximate surface area is 228 Å². The Morgan fingerprint density at radius 2 is 1.95 bits per heavy atom. The monoisotopic (exact) mass is 543 g/mol. The van der Waals surface area contributed by atoms with Crippen molar-refractivity contribution >= 4 is 24.8 Å². The van der Waals surface area contributed by atoms with E-state index in [1.54, 1.807) is 4.90 Å². The van der Waals surface area contributed by atoms with Crippen LogP contribution in [-0.2, 0) is 23.6 Å². The van der Waals surface area contributed by atoms with E-state index in [9.17, 15) is 19.5 Å². The number of nitrogens with zero attached hydrogens (tertiary/aromatic N) is 3. The minimum Gasteiger partial charge on any atom is -0.404 e. The van der Waals surface area contributed by atoms with Crippen LogP contribution in [0.4, 0.5) is 0 Å². The van der Waals surface area contributed by atoms with Gasteiger partial charge in [0, 0.05) is 32.1 Å². The molecule has 212 valence electrons. The highest BCUT2D eigenvalue weighted by atomic mass is 16.7. The van der Waals surface area contributed by atoms with Gasteiger partial charge in [0.25, 0.3) is 5.91 Å². The van der Waals surface area contributed by atoms with Crippen molar-refractivity contribution in [2.45, 2.75) is 70.1 Å². The van der Waals surface area contributed by atoms with E-state index in [2.05, 4.69) is 41.4 Å². The maximum Gasteiger partial charge on any atom is 0.481 e. The van der Waals surface area contributed by atoms with Crippen LogP contribution in [0.15, 0.2) is 18.6 Å². The van der Waals surface area contributed by atoms with Crippen molar-refractivity contribution in [1.82, 2.24) is 25.5 Å². The maximum absolute atomic E-state index is 13.6. The van der Waals surface area contributed by atoms with E-state index in [0.717, 1.165) is 12.8 Å². The first-order valence-corrected chi connectivity index (χ1v) is 13.8. The molecule has 39 heavy (non-hydrogen) atoms. The SMILES string of the molecule is CC1(C)[C@@H]2C[C@H]3OB(C(CCO)NC(=O)C(CC(=O)N4CCOCC4)NC(=O)c4cnccn4)O[C@@]3(C)[C@H]1C2. The molecule has 0 radical (unpaired) electrons. The molecule has 3 N–H and O–H groups in total. The lowest BCUT2D eigenvalue weighted by Gasteiger charge is -2.64. The zero-order valence-electron chi connectivity index (χ0n) is 22.8. The number of ether oxygens (including phenoxy) is 1. The smallest absolute Gasteiger partial charge is 0.404 e. The summed E-state index contributed by atoms with van der Waals surface area (Å²) in [5.41, 5.74) is -0.288. The number of carbonyl (C=O) groups is 3. The molecule has 3 heterocycles. The van der Waals surface area contributed by atoms with Gasteiger partial charge in [-0.3, -0.25) is 19.4 Å². The third-order valence-corrected chi connectivity index (χ3v) is 9.23. The van der Waals surface area contributed by atoms with Gasteiger partial charge in [-0.15, -0.1) is 0 Å². The summed E-state index contributed by atoms with van der Waals surface area (Å²) in [5.74, 6) is -1.21. The zero-order valence-corrected chi connectivity index (χ0v) is 22.8. The van der Waals surface area contributed by atoms with Crippen LogP contribution in [0.2, 0.25) is 0 Å². The molecule has 3 amide bonds. The summed E-state index contributed by atoms with van der Waals surface area (Å²) in [7, 11) is -0.752. The van der Waals surface area contributed by atoms with Crippen LogP contribution in [0.25, 0.3) is 0 Å². The summed E-state index contributed by atoms with van der Waals surface area (Å²) in [6.07, 6.45) is 5.94. The molecule has 13 heteroatoms. The molecule has 2 saturated heterocycles. The second kappa shape index (κ2) is 11.1. The van der Waals surface area contributed by atoms with E-state index in [-0.39, 0.29) is 42.6 Å². The number of carbonyl (C=O) groups excluding carboxylic acids is 3. The summed E-state index contributed by atoms with van der Waals surface area (Å²) < 4.78 is 18.2. The first kappa shape index (κ1) is 27.9. The molecular formula is C26H38BN5O7. The largest absolute Gasteiger partial charge is 0.481 e. The summed E-state index contributed by atoms with van der Waals surface area (Å²) in [4.78, 5) is 49.0. The van der Waals surface area contributed by atoms with Crippen LogP contribution < -0.4 is 10.6 Å². The van der Waals surface area contributed by atoms with Gasteiger partial charge in [0.05, 0.1) is 43.5 Å². The van der Waals surface area contributed by atoms with Crippen molar-refractivity contribution < 1.29 is 33.5 Å². The molecule has 5 fully saturated rings. The van der Waals surface area contributed by atoms with Crippen molar-refractivity contribution in [3.8, 4) is 0 Å². The van der Waals surface area contributed by atoms with Crippen molar-refractivity contribution in [3.05, 3.63) is 24.3 Å². The van der Waals surface area contributed by atoms with Crippen molar-refractivity contribution in [1.29, 1.82) is 0 Å². The standard InChI is InChI=1S/C26H38BN5O7/c1-25(2)16-12-19(25)26(3)20(13-16)38-27(39-26)21(4-9-33)31-23(35)17(14-22(34)32-7-10-37-11-8-32)30-24(36)18-15-28-5-6-29-18/h5-6,15-17,19-21,33H,4,7-14H2,1-3H3,(H,30,36)(H,31,35)/t16-,17?,19-,20+,21?,26-/m0/s1. The highest BCUT2D eigenvalue weighted by Gasteiger charge is 2.68. The third-order valence-electron chi connectivity index (χ3n) is 9.23. The predicted molar refractivity (Wildman–Crippen MR) is 139 cm³/mol. The van der Waals surface area contributed by atoms with E-state index in [1.165, 1.54) is 18.6 Å². The minimum atomic E-state index is -1.18. The third kappa shape index (κ3) is 5.41. The van der Waals surface area contributed by atoms with Crippen LogP contribution in [0.5, 0.6) is 0 Å². The first-order valence-electron chi connectivity index (χ1n) is 13.8. The molecule has 0 aromatic carbocycles. The number of aliphatic hydroxyl groups is 1. The molecule has 2 unspecified atom stereocenters. The summed E-state index contributed by atoms with van der Waals surface area (Å²) >= 11 is 0. The number of aliphatic hydroxyl groups excluding tert-OH is 1. The van der Waals surface area contributed by atoms with Gasteiger partial charge in [0.2, 0.25) is 11.8 Å². The number of rotatable bonds is 9. The molecule has 0 spiro atoms. The lowest BCUT2D eigenvalue weighted by molar-refractivity contribution is -0.199. The fourth-order valence-corrected chi connectivity index (χ4v) is 6.74. The van der Waals surface area contributed by atoms with Gasteiger partial charge in [-0.2, -0.15) is 0 Å². The molecule has 5 aliphatic rings. The van der Waals surface area contributed by atoms with Gasteiger partial charge in [-0.05, 0) is 43.4 Å². The number of aromatic nitrogens is 2. The normalized spacial score (nSPS) is 30.5. The number of hydrogen-bond acceptors (Lipinski definition) is 9. The molecule has 2 bridgehead atoms. The first-order chi connectivity index (χ1) is 18.6. The molecule has 2 aliphatic heterocycles. The summed E-state index contributed by atoms with van der Waals surface area (Å²) in [6, 6.07) is -1.18. The van der Waals surface area contributed by atoms with Crippen molar-refractivity contribution in [3.63, 3.8) is 0 Å². The Morgan fingerprint density at radius 1 is 1.18 bits per heavy atom. The van der Waals surface area contributed by atoms with E-state index in [4.69, 9.17) is 14.0 Å². The van der Waals surface area contributed by atoms with E-state index < -0.39 is 36.5 Å². The molecule has 1 aromatic heterocycles. The van der Waals surface area contributed by atoms with E-state index in [0.29, 0.717) is 38.1 Å². The Balaban J connectivity index is 1.30. The average Bonchev–Trinajstić information content (AvgIpc) is 3.30. The zero-order chi connectivity index (χ0) is 27.8. The van der Waals surface area contributed by atoms with E-state index >= 15 is 0 Å². The van der Waals surface area contributed by atoms with E-state index in [1.807, 2.05) is 0 Å². The molecule has 3 saturated carbocycles. The number of hydrogen-bond donors (Lipinski definition) is 3. The van der Waals surface area contributed by atoms with Crippen LogP contribution in [0.3, 0.4) is 0 Å². The fraction of sp³-hybridized carbons (Fsp3) is 0.731. The van der Waals surface area contributed by atoms with Gasteiger partial charge in [0.15, 0.2) is 0 Å². The Hall–Kier alpha value is -2.61. The maximum atomic E-state index is 13.6. The second-order valence-corrected chi connectivity index (χ2v) is 11.8. The van der Waals surface area contributed by atoms with Gasteiger partial charge in [-0.1, -0.05) is 13.8 Å². The van der Waals surface area contributed by atoms with Crippen LogP contribution in [0, 0.1) is 17.3 Å². The van der Waals surface area contributed by atoms with Crippen LogP contribution in [-0.4, -0.2) is 101 Å². The quantitative estimate of drug-likeness (QED) is 0.364. The highest BCUT2D eigenvalue weighted by molar-refractivity contribution is 6.48. The number of nitrogens with one attached hydrogen (secondary N) is 2. The highest BCUT2D eigenvalue weighted by Crippen LogP contribution is 2.65. The van der Waals surface area contributed by atoms with Gasteiger partial charge in [0.1, 0.15) is 11.7 Å². The molecule has 1 aromatic rings. The number of amides is 3. The van der Waals surface area contributed by atoms with Gasteiger partial charge >= 0.3 is 7.12 Å². The topological polar surface area (TPSA) is 152 Å². The minimum absolute atomic E-state index is 0.0297. The Morgan fingerprint density at radius 3 is 2.62 bits per heavy atom. The lowest BCUT2D eigenvalue weighted by atomic mass is 9.43. The molecular weight excluding hydrogens is 505 g/mol. The molecule has 3 aliphatic carbocycles. The molecule has 12 nitrogen and oxygen atoms in total. The van der Waals surface area contributed by atoms with Gasteiger partial charge in [-0.25, -0.2) is 4.98 Å². The van der Waals surface area contributed by atoms with Gasteiger partial charge < -0.3 is 34.7 Å². The molecule has 6 rings (SSSR count). The van der Waals surface area contributed by atoms with Crippen LogP contribution in [0.1, 0.15) is 56.9 Å². The predicted octanol–water partition coefficient (Wildman–Crippen LogP) is -0.0414. The lowest BCUT2D eigenvalue weighted by Crippen LogP contribution is -2.65. The Bertz CT molecular complexity index is 1070. The van der Waals surface area contributed by atoms with Crippen molar-refractivity contribution in [2.75, 3.05) is 32.9 Å². The average molecular weight is 543 g/mol.